The van der Waals surface area contributed by atoms with Gasteiger partial charge >= 0.3 is 5.97 Å². The SMILES string of the molecule is COc1cccc(NC(=O)CN(C)C(=O)COC(=O)c2cnn(-c3ccccn3)c2C)c1. The van der Waals surface area contributed by atoms with Crippen LogP contribution in [0.1, 0.15) is 16.1 Å². The summed E-state index contributed by atoms with van der Waals surface area (Å²) in [5.41, 5.74) is 1.30. The van der Waals surface area contributed by atoms with Crippen LogP contribution in [0.25, 0.3) is 5.82 Å². The van der Waals surface area contributed by atoms with Gasteiger partial charge in [0, 0.05) is 25.0 Å². The summed E-state index contributed by atoms with van der Waals surface area (Å²) in [7, 11) is 2.98. The van der Waals surface area contributed by atoms with Gasteiger partial charge in [0.25, 0.3) is 5.91 Å². The van der Waals surface area contributed by atoms with Crippen LogP contribution in [-0.4, -0.2) is 64.8 Å². The molecule has 32 heavy (non-hydrogen) atoms. The zero-order chi connectivity index (χ0) is 23.1. The molecule has 10 heteroatoms. The Kier molecular flexibility index (Phi) is 7.17. The average Bonchev–Trinajstić information content (AvgIpc) is 3.19. The number of aromatic nitrogens is 3. The third kappa shape index (κ3) is 5.48. The molecule has 166 valence electrons. The molecule has 0 spiro atoms. The molecule has 0 aliphatic carbocycles. The summed E-state index contributed by atoms with van der Waals surface area (Å²) in [5, 5.41) is 6.84. The van der Waals surface area contributed by atoms with Crippen molar-refractivity contribution in [2.75, 3.05) is 32.6 Å². The first-order chi connectivity index (χ1) is 15.4. The van der Waals surface area contributed by atoms with Crippen LogP contribution in [0.3, 0.4) is 0 Å². The summed E-state index contributed by atoms with van der Waals surface area (Å²) in [5.74, 6) is -0.447. The lowest BCUT2D eigenvalue weighted by atomic mass is 10.2. The Bertz CT molecular complexity index is 1110. The maximum atomic E-state index is 12.4. The van der Waals surface area contributed by atoms with Gasteiger partial charge in [0.1, 0.15) is 11.3 Å². The van der Waals surface area contributed by atoms with E-state index < -0.39 is 24.4 Å². The molecule has 2 amide bonds. The van der Waals surface area contributed by atoms with Gasteiger partial charge in [-0.05, 0) is 31.2 Å². The van der Waals surface area contributed by atoms with Gasteiger partial charge in [-0.3, -0.25) is 9.59 Å². The number of benzene rings is 1. The van der Waals surface area contributed by atoms with Crippen molar-refractivity contribution < 1.29 is 23.9 Å². The number of anilines is 1. The Morgan fingerprint density at radius 1 is 1.16 bits per heavy atom. The minimum atomic E-state index is -0.688. The molecule has 0 unspecified atom stereocenters. The average molecular weight is 437 g/mol. The second-order valence-corrected chi connectivity index (χ2v) is 6.85. The lowest BCUT2D eigenvalue weighted by Crippen LogP contribution is -2.37. The molecule has 0 radical (unpaired) electrons. The van der Waals surface area contributed by atoms with E-state index in [1.807, 2.05) is 0 Å². The number of methoxy groups -OCH3 is 1. The van der Waals surface area contributed by atoms with Crippen LogP contribution in [0.2, 0.25) is 0 Å². The number of hydrogen-bond donors (Lipinski definition) is 1. The first-order valence-electron chi connectivity index (χ1n) is 9.70. The molecular formula is C22H23N5O5. The highest BCUT2D eigenvalue weighted by molar-refractivity contribution is 5.95. The maximum Gasteiger partial charge on any atom is 0.342 e. The number of ether oxygens (including phenoxy) is 2. The number of hydrogen-bond acceptors (Lipinski definition) is 7. The summed E-state index contributed by atoms with van der Waals surface area (Å²) in [6.45, 7) is 0.995. The number of carbonyl (C=O) groups excluding carboxylic acids is 3. The molecular weight excluding hydrogens is 414 g/mol. The van der Waals surface area contributed by atoms with Crippen LogP contribution < -0.4 is 10.1 Å². The summed E-state index contributed by atoms with van der Waals surface area (Å²) in [4.78, 5) is 42.3. The molecule has 0 saturated carbocycles. The van der Waals surface area contributed by atoms with E-state index in [9.17, 15) is 14.4 Å². The van der Waals surface area contributed by atoms with Gasteiger partial charge in [0.05, 0.1) is 25.5 Å². The summed E-state index contributed by atoms with van der Waals surface area (Å²) in [6.07, 6.45) is 2.98. The largest absolute Gasteiger partial charge is 0.497 e. The number of nitrogens with zero attached hydrogens (tertiary/aromatic N) is 4. The predicted molar refractivity (Wildman–Crippen MR) is 116 cm³/mol. The van der Waals surface area contributed by atoms with Crippen LogP contribution in [-0.2, 0) is 14.3 Å². The molecule has 1 N–H and O–H groups in total. The number of pyridine rings is 1. The molecule has 1 aromatic carbocycles. The monoisotopic (exact) mass is 437 g/mol. The van der Waals surface area contributed by atoms with Crippen LogP contribution in [0, 0.1) is 6.92 Å². The van der Waals surface area contributed by atoms with Gasteiger partial charge in [-0.1, -0.05) is 12.1 Å². The molecule has 0 aliphatic heterocycles. The molecule has 0 saturated heterocycles. The molecule has 0 aliphatic rings. The number of esters is 1. The predicted octanol–water partition coefficient (Wildman–Crippen LogP) is 1.84. The number of amides is 2. The van der Waals surface area contributed by atoms with E-state index >= 15 is 0 Å². The minimum Gasteiger partial charge on any atom is -0.497 e. The lowest BCUT2D eigenvalue weighted by Gasteiger charge is -2.17. The van der Waals surface area contributed by atoms with E-state index in [0.29, 0.717) is 22.9 Å². The molecule has 2 aromatic heterocycles. The molecule has 0 fully saturated rings. The quantitative estimate of drug-likeness (QED) is 0.535. The van der Waals surface area contributed by atoms with E-state index in [4.69, 9.17) is 9.47 Å². The lowest BCUT2D eigenvalue weighted by molar-refractivity contribution is -0.136. The van der Waals surface area contributed by atoms with Crippen LogP contribution in [0.15, 0.2) is 54.9 Å². The first-order valence-corrected chi connectivity index (χ1v) is 9.70. The van der Waals surface area contributed by atoms with Crippen LogP contribution in [0.4, 0.5) is 5.69 Å². The van der Waals surface area contributed by atoms with E-state index in [2.05, 4.69) is 15.4 Å². The second-order valence-electron chi connectivity index (χ2n) is 6.85. The van der Waals surface area contributed by atoms with Crippen molar-refractivity contribution in [3.05, 3.63) is 66.1 Å². The fourth-order valence-electron chi connectivity index (χ4n) is 2.84. The highest BCUT2D eigenvalue weighted by Crippen LogP contribution is 2.16. The van der Waals surface area contributed by atoms with Crippen molar-refractivity contribution in [2.24, 2.45) is 0 Å². The Morgan fingerprint density at radius 3 is 2.69 bits per heavy atom. The molecule has 0 atom stereocenters. The van der Waals surface area contributed by atoms with Gasteiger partial charge in [-0.25, -0.2) is 14.5 Å². The highest BCUT2D eigenvalue weighted by atomic mass is 16.5. The third-order valence-electron chi connectivity index (χ3n) is 4.58. The van der Waals surface area contributed by atoms with Crippen molar-refractivity contribution in [1.29, 1.82) is 0 Å². The Morgan fingerprint density at radius 2 is 1.97 bits per heavy atom. The van der Waals surface area contributed by atoms with Crippen LogP contribution in [0.5, 0.6) is 5.75 Å². The van der Waals surface area contributed by atoms with Crippen molar-refractivity contribution >= 4 is 23.5 Å². The fraction of sp³-hybridized carbons (Fsp3) is 0.227. The Balaban J connectivity index is 1.52. The van der Waals surface area contributed by atoms with Gasteiger partial charge in [0.2, 0.25) is 5.91 Å². The minimum absolute atomic E-state index is 0.204. The first kappa shape index (κ1) is 22.5. The molecule has 3 aromatic rings. The van der Waals surface area contributed by atoms with E-state index in [0.717, 1.165) is 0 Å². The summed E-state index contributed by atoms with van der Waals surface area (Å²) < 4.78 is 11.7. The highest BCUT2D eigenvalue weighted by Gasteiger charge is 2.20. The number of likely N-dealkylation sites (N-methyl/N-ethyl adjacent to an activating group) is 1. The second kappa shape index (κ2) is 10.2. The third-order valence-corrected chi connectivity index (χ3v) is 4.58. The van der Waals surface area contributed by atoms with E-state index in [-0.39, 0.29) is 12.1 Å². The smallest absolute Gasteiger partial charge is 0.342 e. The van der Waals surface area contributed by atoms with Gasteiger partial charge in [-0.2, -0.15) is 5.10 Å². The zero-order valence-corrected chi connectivity index (χ0v) is 17.9. The van der Waals surface area contributed by atoms with Crippen molar-refractivity contribution in [3.8, 4) is 11.6 Å². The fourth-order valence-corrected chi connectivity index (χ4v) is 2.84. The summed E-state index contributed by atoms with van der Waals surface area (Å²) in [6, 6.07) is 12.2. The Labute approximate surface area is 184 Å². The number of rotatable bonds is 8. The van der Waals surface area contributed by atoms with Crippen molar-refractivity contribution in [3.63, 3.8) is 0 Å². The van der Waals surface area contributed by atoms with Crippen LogP contribution >= 0.6 is 0 Å². The zero-order valence-electron chi connectivity index (χ0n) is 17.9. The molecule has 0 bridgehead atoms. The Hall–Kier alpha value is -4.21. The number of carbonyl (C=O) groups is 3. The van der Waals surface area contributed by atoms with Crippen molar-refractivity contribution in [2.45, 2.75) is 6.92 Å². The molecule has 3 rings (SSSR count). The van der Waals surface area contributed by atoms with Gasteiger partial charge in [0.15, 0.2) is 12.4 Å². The van der Waals surface area contributed by atoms with E-state index in [1.165, 1.54) is 29.9 Å². The number of nitrogens with one attached hydrogen (secondary N) is 1. The van der Waals surface area contributed by atoms with Gasteiger partial charge in [-0.15, -0.1) is 0 Å². The topological polar surface area (TPSA) is 116 Å². The van der Waals surface area contributed by atoms with Gasteiger partial charge < -0.3 is 19.7 Å². The normalized spacial score (nSPS) is 10.3. The summed E-state index contributed by atoms with van der Waals surface area (Å²) >= 11 is 0. The molecule has 10 nitrogen and oxygen atoms in total. The standard InChI is InChI=1S/C22H23N5O5/c1-15-18(12-24-27(15)19-9-4-5-10-23-19)22(30)32-14-21(29)26(2)13-20(28)25-16-7-6-8-17(11-16)31-3/h4-12H,13-14H2,1-3H3,(H,25,28). The van der Waals surface area contributed by atoms with E-state index in [1.54, 1.807) is 55.6 Å². The maximum absolute atomic E-state index is 12.4. The van der Waals surface area contributed by atoms with Crippen molar-refractivity contribution in [1.82, 2.24) is 19.7 Å². The molecule has 2 heterocycles.